The van der Waals surface area contributed by atoms with Gasteiger partial charge in [0.1, 0.15) is 12.1 Å². The number of rotatable bonds is 6. The van der Waals surface area contributed by atoms with Crippen molar-refractivity contribution >= 4 is 34.7 Å². The molecule has 12 heteroatoms. The highest BCUT2D eigenvalue weighted by atomic mass is 32.2. The predicted molar refractivity (Wildman–Crippen MR) is 144 cm³/mol. The number of aryl methyl sites for hydroxylation is 2. The number of carbonyl (C=O) groups excluding carboxylic acids is 1. The van der Waals surface area contributed by atoms with Crippen molar-refractivity contribution in [3.05, 3.63) is 89.7 Å². The van der Waals surface area contributed by atoms with Crippen molar-refractivity contribution in [2.24, 2.45) is 10.2 Å². The molecule has 2 heterocycles. The van der Waals surface area contributed by atoms with E-state index in [1.807, 2.05) is 56.3 Å². The first-order valence-corrected chi connectivity index (χ1v) is 12.7. The largest absolute Gasteiger partial charge is 0.573 e. The molecular weight excluding hydrogens is 529 g/mol. The molecule has 0 spiro atoms. The van der Waals surface area contributed by atoms with Gasteiger partial charge in [0.25, 0.3) is 0 Å². The van der Waals surface area contributed by atoms with Gasteiger partial charge in [-0.15, -0.1) is 23.4 Å². The summed E-state index contributed by atoms with van der Waals surface area (Å²) >= 11 is 1.35. The number of para-hydroxylation sites is 1. The summed E-state index contributed by atoms with van der Waals surface area (Å²) in [4.78, 5) is 18.5. The molecule has 198 valence electrons. The summed E-state index contributed by atoms with van der Waals surface area (Å²) in [6.45, 7) is 3.92. The Morgan fingerprint density at radius 3 is 2.36 bits per heavy atom. The zero-order valence-corrected chi connectivity index (χ0v) is 21.6. The first kappa shape index (κ1) is 26.2. The maximum atomic E-state index is 12.6. The number of halogens is 3. The van der Waals surface area contributed by atoms with Gasteiger partial charge in [-0.3, -0.25) is 9.69 Å². The summed E-state index contributed by atoms with van der Waals surface area (Å²) in [5, 5.41) is 13.4. The fourth-order valence-electron chi connectivity index (χ4n) is 4.00. The molecular formula is C27H21F3N6O2S. The fourth-order valence-corrected chi connectivity index (χ4v) is 4.81. The number of ether oxygens (including phenoxy) is 1. The van der Waals surface area contributed by atoms with Gasteiger partial charge in [0, 0.05) is 5.56 Å². The van der Waals surface area contributed by atoms with Gasteiger partial charge in [-0.25, -0.2) is 9.67 Å². The Hall–Kier alpha value is -4.45. The Labute approximate surface area is 225 Å². The van der Waals surface area contributed by atoms with Crippen LogP contribution in [0.1, 0.15) is 16.7 Å². The second kappa shape index (κ2) is 10.7. The number of alkyl halides is 3. The monoisotopic (exact) mass is 550 g/mol. The standard InChI is InChI=1S/C27H21F3N6O2S/c1-17-4-3-5-18(2)24(17)36-23(37)15-39-26(36)33-32-14-19-6-8-20(9-7-19)25-31-16-35(34-25)21-10-12-22(13-11-21)38-27(28,29)30/h3-14,16H,15H2,1-2H3. The maximum absolute atomic E-state index is 12.6. The van der Waals surface area contributed by atoms with Crippen LogP contribution in [0.4, 0.5) is 18.9 Å². The Balaban J connectivity index is 1.27. The molecule has 0 atom stereocenters. The van der Waals surface area contributed by atoms with Crippen LogP contribution in [0.5, 0.6) is 5.75 Å². The molecule has 1 aliphatic heterocycles. The Kier molecular flexibility index (Phi) is 7.20. The Morgan fingerprint density at radius 1 is 1.00 bits per heavy atom. The van der Waals surface area contributed by atoms with Gasteiger partial charge in [-0.1, -0.05) is 54.2 Å². The lowest BCUT2D eigenvalue weighted by molar-refractivity contribution is -0.274. The number of hydrogen-bond acceptors (Lipinski definition) is 7. The molecule has 8 nitrogen and oxygen atoms in total. The lowest BCUT2D eigenvalue weighted by atomic mass is 10.1. The zero-order chi connectivity index (χ0) is 27.6. The minimum atomic E-state index is -4.75. The van der Waals surface area contributed by atoms with Gasteiger partial charge in [0.15, 0.2) is 11.0 Å². The van der Waals surface area contributed by atoms with Crippen LogP contribution in [0, 0.1) is 13.8 Å². The molecule has 0 radical (unpaired) electrons. The van der Waals surface area contributed by atoms with Crippen molar-refractivity contribution in [2.75, 3.05) is 10.7 Å². The third-order valence-electron chi connectivity index (χ3n) is 5.77. The average molecular weight is 551 g/mol. The van der Waals surface area contributed by atoms with Crippen LogP contribution in [0.2, 0.25) is 0 Å². The SMILES string of the molecule is Cc1cccc(C)c1N1C(=O)CSC1=NN=Cc1ccc(-c2ncn(-c3ccc(OC(F)(F)F)cc3)n2)cc1. The molecule has 1 aliphatic rings. The maximum Gasteiger partial charge on any atom is 0.573 e. The van der Waals surface area contributed by atoms with E-state index >= 15 is 0 Å². The minimum Gasteiger partial charge on any atom is -0.406 e. The van der Waals surface area contributed by atoms with E-state index in [1.165, 1.54) is 47.0 Å². The highest BCUT2D eigenvalue weighted by molar-refractivity contribution is 8.15. The molecule has 0 saturated carbocycles. The molecule has 0 N–H and O–H groups in total. The molecule has 1 amide bonds. The zero-order valence-electron chi connectivity index (χ0n) is 20.8. The van der Waals surface area contributed by atoms with Gasteiger partial charge in [0.2, 0.25) is 5.91 Å². The molecule has 39 heavy (non-hydrogen) atoms. The van der Waals surface area contributed by atoms with Gasteiger partial charge < -0.3 is 4.74 Å². The molecule has 1 saturated heterocycles. The lowest BCUT2D eigenvalue weighted by Gasteiger charge is -2.20. The number of nitrogens with zero attached hydrogens (tertiary/aromatic N) is 6. The smallest absolute Gasteiger partial charge is 0.406 e. The molecule has 0 aliphatic carbocycles. The summed E-state index contributed by atoms with van der Waals surface area (Å²) < 4.78 is 42.4. The van der Waals surface area contributed by atoms with E-state index in [-0.39, 0.29) is 11.7 Å². The fraction of sp³-hybridized carbons (Fsp3) is 0.148. The van der Waals surface area contributed by atoms with E-state index in [0.29, 0.717) is 22.4 Å². The van der Waals surface area contributed by atoms with Crippen LogP contribution in [-0.2, 0) is 4.79 Å². The van der Waals surface area contributed by atoms with Crippen LogP contribution >= 0.6 is 11.8 Å². The summed E-state index contributed by atoms with van der Waals surface area (Å²) in [6, 6.07) is 18.5. The molecule has 5 rings (SSSR count). The topological polar surface area (TPSA) is 85.0 Å². The van der Waals surface area contributed by atoms with Gasteiger partial charge in [-0.2, -0.15) is 5.10 Å². The number of anilines is 1. The third kappa shape index (κ3) is 6.01. The average Bonchev–Trinajstić information content (AvgIpc) is 3.52. The van der Waals surface area contributed by atoms with Crippen LogP contribution in [0.3, 0.4) is 0 Å². The Bertz CT molecular complexity index is 1540. The molecule has 4 aromatic rings. The van der Waals surface area contributed by atoms with Gasteiger partial charge in [0.05, 0.1) is 23.3 Å². The number of amides is 1. The van der Waals surface area contributed by atoms with E-state index in [2.05, 4.69) is 25.0 Å². The number of benzene rings is 3. The van der Waals surface area contributed by atoms with E-state index in [4.69, 9.17) is 0 Å². The normalized spacial score (nSPS) is 15.1. The quantitative estimate of drug-likeness (QED) is 0.220. The highest BCUT2D eigenvalue weighted by Crippen LogP contribution is 2.32. The first-order chi connectivity index (χ1) is 18.7. The van der Waals surface area contributed by atoms with Gasteiger partial charge >= 0.3 is 6.36 Å². The number of amidine groups is 1. The predicted octanol–water partition coefficient (Wildman–Crippen LogP) is 5.92. The van der Waals surface area contributed by atoms with E-state index in [1.54, 1.807) is 11.1 Å². The molecule has 1 aromatic heterocycles. The molecule has 1 fully saturated rings. The Morgan fingerprint density at radius 2 is 1.69 bits per heavy atom. The van der Waals surface area contributed by atoms with Crippen molar-refractivity contribution in [1.29, 1.82) is 0 Å². The van der Waals surface area contributed by atoms with Crippen molar-refractivity contribution in [3.8, 4) is 22.8 Å². The van der Waals surface area contributed by atoms with Crippen molar-refractivity contribution in [3.63, 3.8) is 0 Å². The second-order valence-electron chi connectivity index (χ2n) is 8.56. The summed E-state index contributed by atoms with van der Waals surface area (Å²) in [5.74, 6) is 0.403. The van der Waals surface area contributed by atoms with Crippen LogP contribution < -0.4 is 9.64 Å². The number of aromatic nitrogens is 3. The van der Waals surface area contributed by atoms with E-state index in [0.717, 1.165) is 27.9 Å². The van der Waals surface area contributed by atoms with Crippen LogP contribution in [0.25, 0.3) is 17.1 Å². The number of thioether (sulfide) groups is 1. The van der Waals surface area contributed by atoms with Crippen molar-refractivity contribution < 1.29 is 22.7 Å². The first-order valence-electron chi connectivity index (χ1n) is 11.7. The summed E-state index contributed by atoms with van der Waals surface area (Å²) in [6.07, 6.45) is -1.68. The molecule has 3 aromatic carbocycles. The van der Waals surface area contributed by atoms with E-state index in [9.17, 15) is 18.0 Å². The molecule has 0 unspecified atom stereocenters. The van der Waals surface area contributed by atoms with Crippen molar-refractivity contribution in [1.82, 2.24) is 14.8 Å². The second-order valence-corrected chi connectivity index (χ2v) is 9.50. The summed E-state index contributed by atoms with van der Waals surface area (Å²) in [5.41, 5.74) is 4.87. The minimum absolute atomic E-state index is 0.0341. The molecule has 0 bridgehead atoms. The van der Waals surface area contributed by atoms with Crippen LogP contribution in [-0.4, -0.2) is 44.2 Å². The lowest BCUT2D eigenvalue weighted by Crippen LogP contribution is -2.30. The third-order valence-corrected chi connectivity index (χ3v) is 6.69. The summed E-state index contributed by atoms with van der Waals surface area (Å²) in [7, 11) is 0. The van der Waals surface area contributed by atoms with E-state index < -0.39 is 6.36 Å². The number of carbonyl (C=O) groups is 1. The van der Waals surface area contributed by atoms with Gasteiger partial charge in [-0.05, 0) is 54.8 Å². The number of hydrogen-bond donors (Lipinski definition) is 0. The van der Waals surface area contributed by atoms with Crippen molar-refractivity contribution in [2.45, 2.75) is 20.2 Å². The highest BCUT2D eigenvalue weighted by Gasteiger charge is 2.32. The van der Waals surface area contributed by atoms with Crippen LogP contribution in [0.15, 0.2) is 83.3 Å².